The number of anilines is 1. The van der Waals surface area contributed by atoms with E-state index in [0.29, 0.717) is 40.5 Å². The summed E-state index contributed by atoms with van der Waals surface area (Å²) < 4.78 is 7.63. The number of carbonyl (C=O) groups is 1. The molecule has 0 bridgehead atoms. The molecule has 1 aromatic heterocycles. The topological polar surface area (TPSA) is 112 Å². The highest BCUT2D eigenvalue weighted by molar-refractivity contribution is 5.92. The number of nitro groups is 1. The van der Waals surface area contributed by atoms with E-state index in [2.05, 4.69) is 36.2 Å². The van der Waals surface area contributed by atoms with Gasteiger partial charge in [-0.1, -0.05) is 39.3 Å². The number of benzene rings is 1. The number of esters is 1. The molecule has 32 heavy (non-hydrogen) atoms. The molecule has 170 valence electrons. The summed E-state index contributed by atoms with van der Waals surface area (Å²) in [6.45, 7) is 8.26. The van der Waals surface area contributed by atoms with Gasteiger partial charge < -0.3 is 10.1 Å². The molecule has 1 fully saturated rings. The Kier molecular flexibility index (Phi) is 5.99. The Morgan fingerprint density at radius 2 is 2.06 bits per heavy atom. The molecule has 1 aliphatic carbocycles. The van der Waals surface area contributed by atoms with E-state index in [9.17, 15) is 14.9 Å². The van der Waals surface area contributed by atoms with Crippen LogP contribution in [-0.2, 0) is 9.53 Å². The van der Waals surface area contributed by atoms with Gasteiger partial charge in [0.1, 0.15) is 18.5 Å². The van der Waals surface area contributed by atoms with E-state index in [4.69, 9.17) is 4.74 Å². The normalized spacial score (nSPS) is 25.3. The van der Waals surface area contributed by atoms with Gasteiger partial charge in [0.05, 0.1) is 16.1 Å². The number of nitrogens with one attached hydrogen (secondary N) is 1. The second-order valence-electron chi connectivity index (χ2n) is 9.18. The summed E-state index contributed by atoms with van der Waals surface area (Å²) in [6, 6.07) is 5.61. The second kappa shape index (κ2) is 8.72. The van der Waals surface area contributed by atoms with Crippen molar-refractivity contribution in [2.45, 2.75) is 59.1 Å². The van der Waals surface area contributed by atoms with E-state index in [-0.39, 0.29) is 11.8 Å². The highest BCUT2D eigenvalue weighted by Crippen LogP contribution is 2.41. The number of hydrogen-bond acceptors (Lipinski definition) is 7. The minimum absolute atomic E-state index is 0.0784. The average molecular weight is 440 g/mol. The van der Waals surface area contributed by atoms with Gasteiger partial charge in [-0.15, -0.1) is 0 Å². The molecule has 0 saturated heterocycles. The molecule has 4 rings (SSSR count). The van der Waals surface area contributed by atoms with Crippen molar-refractivity contribution >= 4 is 17.6 Å². The zero-order valence-corrected chi connectivity index (χ0v) is 18.8. The number of aromatic nitrogens is 3. The Labute approximate surface area is 187 Å². The molecule has 2 aromatic rings. The second-order valence-corrected chi connectivity index (χ2v) is 9.18. The number of ether oxygens (including phenoxy) is 1. The zero-order chi connectivity index (χ0) is 23.0. The van der Waals surface area contributed by atoms with Gasteiger partial charge in [0.15, 0.2) is 0 Å². The number of fused-ring (bicyclic) bond motifs is 1. The average Bonchev–Trinajstić information content (AvgIpc) is 3.20. The smallest absolute Gasteiger partial charge is 0.338 e. The Hall–Kier alpha value is -3.23. The summed E-state index contributed by atoms with van der Waals surface area (Å²) in [5.41, 5.74) is 1.17. The first-order valence-electron chi connectivity index (χ1n) is 11.1. The summed E-state index contributed by atoms with van der Waals surface area (Å²) in [5, 5.41) is 19.1. The first kappa shape index (κ1) is 22.0. The Bertz CT molecular complexity index is 1060. The molecule has 0 amide bonds. The highest BCUT2D eigenvalue weighted by Gasteiger charge is 2.40. The number of nitro benzene ring substituents is 1. The van der Waals surface area contributed by atoms with E-state index in [1.54, 1.807) is 25.1 Å². The largest absolute Gasteiger partial charge is 0.459 e. The third-order valence-corrected chi connectivity index (χ3v) is 6.66. The van der Waals surface area contributed by atoms with Crippen LogP contribution in [0, 0.1) is 27.9 Å². The van der Waals surface area contributed by atoms with Gasteiger partial charge in [-0.05, 0) is 43.6 Å². The highest BCUT2D eigenvalue weighted by atomic mass is 16.6. The van der Waals surface area contributed by atoms with Crippen molar-refractivity contribution in [2.24, 2.45) is 17.8 Å². The molecule has 2 aliphatic rings. The van der Waals surface area contributed by atoms with E-state index < -0.39 is 16.9 Å². The van der Waals surface area contributed by atoms with Crippen molar-refractivity contribution in [3.8, 4) is 0 Å². The number of hydrogen-bond donors (Lipinski definition) is 1. The van der Waals surface area contributed by atoms with Crippen LogP contribution in [-0.4, -0.2) is 31.8 Å². The van der Waals surface area contributed by atoms with E-state index >= 15 is 0 Å². The lowest BCUT2D eigenvalue weighted by Gasteiger charge is -2.37. The van der Waals surface area contributed by atoms with Gasteiger partial charge in [-0.2, -0.15) is 10.1 Å². The van der Waals surface area contributed by atoms with E-state index in [1.807, 2.05) is 0 Å². The Morgan fingerprint density at radius 1 is 1.31 bits per heavy atom. The van der Waals surface area contributed by atoms with Crippen LogP contribution in [0.5, 0.6) is 0 Å². The summed E-state index contributed by atoms with van der Waals surface area (Å²) in [4.78, 5) is 29.1. The predicted octanol–water partition coefficient (Wildman–Crippen LogP) is 4.48. The fourth-order valence-electron chi connectivity index (χ4n) is 4.98. The van der Waals surface area contributed by atoms with Crippen LogP contribution in [0.1, 0.15) is 58.6 Å². The van der Waals surface area contributed by atoms with Crippen LogP contribution < -0.4 is 5.32 Å². The number of rotatable bonds is 5. The van der Waals surface area contributed by atoms with Crippen LogP contribution in [0.4, 0.5) is 11.6 Å². The number of allylic oxidation sites excluding steroid dienone is 1. The molecule has 0 radical (unpaired) electrons. The molecule has 9 nitrogen and oxygen atoms in total. The van der Waals surface area contributed by atoms with Crippen LogP contribution in [0.3, 0.4) is 0 Å². The van der Waals surface area contributed by atoms with Crippen molar-refractivity contribution in [2.75, 3.05) is 5.32 Å². The van der Waals surface area contributed by atoms with Gasteiger partial charge in [-0.25, -0.2) is 9.48 Å². The standard InChI is InChI=1S/C23H29N5O4/c1-13(2)16-10-9-14(3)11-19(16)32-22(29)20-15(4)26-23-24-12-25-27(23)21(20)17-7-5-6-8-18(17)28(30)31/h5-8,12-14,16,19,21H,9-11H2,1-4H3,(H,24,25,26)/t14-,16+,19-,21+/m1/s1. The Balaban J connectivity index is 1.74. The molecule has 0 spiro atoms. The van der Waals surface area contributed by atoms with Gasteiger partial charge in [0.25, 0.3) is 5.69 Å². The van der Waals surface area contributed by atoms with Crippen LogP contribution >= 0.6 is 0 Å². The molecule has 1 aliphatic heterocycles. The van der Waals surface area contributed by atoms with Gasteiger partial charge in [-0.3, -0.25) is 10.1 Å². The van der Waals surface area contributed by atoms with Crippen LogP contribution in [0.15, 0.2) is 41.9 Å². The minimum atomic E-state index is -0.804. The quantitative estimate of drug-likeness (QED) is 0.415. The maximum Gasteiger partial charge on any atom is 0.338 e. The Morgan fingerprint density at radius 3 is 2.78 bits per heavy atom. The summed E-state index contributed by atoms with van der Waals surface area (Å²) >= 11 is 0. The zero-order valence-electron chi connectivity index (χ0n) is 18.8. The van der Waals surface area contributed by atoms with Crippen LogP contribution in [0.2, 0.25) is 0 Å². The molecule has 4 atom stereocenters. The molecule has 9 heteroatoms. The fourth-order valence-corrected chi connectivity index (χ4v) is 4.98. The molecule has 1 saturated carbocycles. The van der Waals surface area contributed by atoms with Crippen molar-refractivity contribution in [3.63, 3.8) is 0 Å². The molecule has 0 unspecified atom stereocenters. The summed E-state index contributed by atoms with van der Waals surface area (Å²) in [5.74, 6) is 1.12. The van der Waals surface area contributed by atoms with Gasteiger partial charge in [0, 0.05) is 11.8 Å². The molecular formula is C23H29N5O4. The summed E-state index contributed by atoms with van der Waals surface area (Å²) in [6.07, 6.45) is 4.15. The molecule has 1 N–H and O–H groups in total. The van der Waals surface area contributed by atoms with Crippen molar-refractivity contribution < 1.29 is 14.5 Å². The number of nitrogens with zero attached hydrogens (tertiary/aromatic N) is 4. The van der Waals surface area contributed by atoms with Gasteiger partial charge in [0.2, 0.25) is 5.95 Å². The minimum Gasteiger partial charge on any atom is -0.459 e. The molecule has 1 aromatic carbocycles. The predicted molar refractivity (Wildman–Crippen MR) is 119 cm³/mol. The van der Waals surface area contributed by atoms with Crippen molar-refractivity contribution in [1.82, 2.24) is 14.8 Å². The molecular weight excluding hydrogens is 410 g/mol. The van der Waals surface area contributed by atoms with Crippen LogP contribution in [0.25, 0.3) is 0 Å². The monoisotopic (exact) mass is 439 g/mol. The number of para-hydroxylation sites is 1. The number of carbonyl (C=O) groups excluding carboxylic acids is 1. The first-order valence-corrected chi connectivity index (χ1v) is 11.1. The SMILES string of the molecule is CC1=C(C(=O)O[C@@H]2C[C@H](C)CC[C@H]2C(C)C)[C@H](c2ccccc2[N+](=O)[O-])n2ncnc2N1. The van der Waals surface area contributed by atoms with E-state index in [0.717, 1.165) is 19.3 Å². The molecule has 2 heterocycles. The van der Waals surface area contributed by atoms with Crippen molar-refractivity contribution in [3.05, 3.63) is 57.5 Å². The summed E-state index contributed by atoms with van der Waals surface area (Å²) in [7, 11) is 0. The maximum absolute atomic E-state index is 13.6. The lowest BCUT2D eigenvalue weighted by molar-refractivity contribution is -0.385. The fraction of sp³-hybridized carbons (Fsp3) is 0.522. The van der Waals surface area contributed by atoms with E-state index in [1.165, 1.54) is 17.1 Å². The maximum atomic E-state index is 13.6. The van der Waals surface area contributed by atoms with Gasteiger partial charge >= 0.3 is 5.97 Å². The third kappa shape index (κ3) is 3.99. The first-order chi connectivity index (χ1) is 15.3. The lowest BCUT2D eigenvalue weighted by Crippen LogP contribution is -2.38. The van der Waals surface area contributed by atoms with Crippen molar-refractivity contribution in [1.29, 1.82) is 0 Å². The lowest BCUT2D eigenvalue weighted by atomic mass is 9.75. The third-order valence-electron chi connectivity index (χ3n) is 6.66.